The molecule has 3 rings (SSSR count). The summed E-state index contributed by atoms with van der Waals surface area (Å²) in [4.78, 5) is 4.16. The van der Waals surface area contributed by atoms with Gasteiger partial charge in [-0.05, 0) is 0 Å². The highest BCUT2D eigenvalue weighted by Crippen LogP contribution is 2.26. The van der Waals surface area contributed by atoms with Gasteiger partial charge in [-0.1, -0.05) is 29.4 Å². The normalized spacial score (nSPS) is 15.5. The van der Waals surface area contributed by atoms with Crippen molar-refractivity contribution in [2.75, 3.05) is 33.5 Å². The lowest BCUT2D eigenvalue weighted by atomic mass is 10.1. The molecule has 0 unspecified atom stereocenters. The van der Waals surface area contributed by atoms with Crippen molar-refractivity contribution >= 4 is 0 Å². The van der Waals surface area contributed by atoms with Gasteiger partial charge in [-0.3, -0.25) is 4.52 Å². The van der Waals surface area contributed by atoms with E-state index >= 15 is 0 Å². The third-order valence-electron chi connectivity index (χ3n) is 2.98. The van der Waals surface area contributed by atoms with Gasteiger partial charge in [-0.25, -0.2) is 0 Å². The highest BCUT2D eigenvalue weighted by molar-refractivity contribution is 5.54. The second-order valence-electron chi connectivity index (χ2n) is 4.42. The molecule has 0 aliphatic carbocycles. The van der Waals surface area contributed by atoms with Crippen molar-refractivity contribution in [3.63, 3.8) is 0 Å². The first kappa shape index (κ1) is 14.0. The summed E-state index contributed by atoms with van der Waals surface area (Å²) in [5.41, 5.74) is 1.80. The third kappa shape index (κ3) is 3.38. The molecule has 1 aromatic heterocycles. The van der Waals surface area contributed by atoms with Gasteiger partial charge in [0.2, 0.25) is 5.82 Å². The molecule has 0 N–H and O–H groups in total. The first-order valence-corrected chi connectivity index (χ1v) is 6.66. The van der Waals surface area contributed by atoms with Crippen molar-refractivity contribution in [3.8, 4) is 17.5 Å². The van der Waals surface area contributed by atoms with Crippen LogP contribution < -0.4 is 4.74 Å². The summed E-state index contributed by atoms with van der Waals surface area (Å²) in [5, 5.41) is 3.88. The lowest BCUT2D eigenvalue weighted by Crippen LogP contribution is -2.04. The van der Waals surface area contributed by atoms with Crippen molar-refractivity contribution in [1.82, 2.24) is 10.1 Å². The van der Waals surface area contributed by atoms with Crippen LogP contribution in [-0.2, 0) is 14.2 Å². The Morgan fingerprint density at radius 1 is 1.14 bits per heavy atom. The fraction of sp³-hybridized carbons (Fsp3) is 0.429. The lowest BCUT2D eigenvalue weighted by molar-refractivity contribution is -0.0441. The van der Waals surface area contributed by atoms with E-state index in [0.29, 0.717) is 32.3 Å². The summed E-state index contributed by atoms with van der Waals surface area (Å²) in [5.74, 6) is 0.474. The van der Waals surface area contributed by atoms with Gasteiger partial charge >= 0.3 is 6.08 Å². The fourth-order valence-electron chi connectivity index (χ4n) is 1.94. The largest absolute Gasteiger partial charge is 0.446 e. The summed E-state index contributed by atoms with van der Waals surface area (Å²) in [7, 11) is 1.60. The Balaban J connectivity index is 1.66. The number of ether oxygens (including phenoxy) is 4. The number of hydrogen-bond donors (Lipinski definition) is 0. The van der Waals surface area contributed by atoms with Crippen molar-refractivity contribution in [2.24, 2.45) is 0 Å². The Hall–Kier alpha value is -1.96. The Labute approximate surface area is 121 Å². The van der Waals surface area contributed by atoms with Gasteiger partial charge in [0.1, 0.15) is 6.61 Å². The molecule has 112 valence electrons. The summed E-state index contributed by atoms with van der Waals surface area (Å²) in [6, 6.07) is 7.63. The van der Waals surface area contributed by atoms with E-state index in [1.165, 1.54) is 0 Å². The van der Waals surface area contributed by atoms with Gasteiger partial charge in [-0.15, -0.1) is 0 Å². The first-order valence-electron chi connectivity index (χ1n) is 6.66. The highest BCUT2D eigenvalue weighted by atomic mass is 16.7. The maximum atomic E-state index is 5.44. The third-order valence-corrected chi connectivity index (χ3v) is 2.98. The second kappa shape index (κ2) is 6.66. The predicted octanol–water partition coefficient (Wildman–Crippen LogP) is 1.81. The van der Waals surface area contributed by atoms with Crippen molar-refractivity contribution in [2.45, 2.75) is 6.29 Å². The number of methoxy groups -OCH3 is 1. The van der Waals surface area contributed by atoms with E-state index in [2.05, 4.69) is 10.1 Å². The molecular weight excluding hydrogens is 276 g/mol. The van der Waals surface area contributed by atoms with E-state index in [1.807, 2.05) is 24.3 Å². The van der Waals surface area contributed by atoms with Crippen molar-refractivity contribution in [3.05, 3.63) is 29.8 Å². The van der Waals surface area contributed by atoms with E-state index < -0.39 is 0 Å². The molecule has 1 aliphatic rings. The van der Waals surface area contributed by atoms with E-state index in [9.17, 15) is 0 Å². The van der Waals surface area contributed by atoms with Crippen LogP contribution in [0.1, 0.15) is 11.9 Å². The number of benzene rings is 1. The molecule has 1 fully saturated rings. The van der Waals surface area contributed by atoms with Crippen LogP contribution in [0.2, 0.25) is 0 Å². The fourth-order valence-corrected chi connectivity index (χ4v) is 1.94. The standard InChI is InChI=1S/C14H16N2O5/c1-17-6-7-20-14-15-12(16-21-14)10-2-4-11(5-3-10)13-18-8-9-19-13/h2-5,13H,6-9H2,1H3. The topological polar surface area (TPSA) is 75.8 Å². The van der Waals surface area contributed by atoms with E-state index in [1.54, 1.807) is 7.11 Å². The molecule has 0 bridgehead atoms. The predicted molar refractivity (Wildman–Crippen MR) is 71.8 cm³/mol. The second-order valence-corrected chi connectivity index (χ2v) is 4.42. The molecule has 0 atom stereocenters. The zero-order chi connectivity index (χ0) is 14.5. The quantitative estimate of drug-likeness (QED) is 0.751. The Morgan fingerprint density at radius 2 is 1.90 bits per heavy atom. The minimum Gasteiger partial charge on any atom is -0.446 e. The smallest absolute Gasteiger partial charge is 0.417 e. The monoisotopic (exact) mass is 292 g/mol. The zero-order valence-corrected chi connectivity index (χ0v) is 11.7. The molecule has 0 amide bonds. The summed E-state index contributed by atoms with van der Waals surface area (Å²) in [6.07, 6.45) is -0.147. The van der Waals surface area contributed by atoms with Crippen molar-refractivity contribution in [1.29, 1.82) is 0 Å². The lowest BCUT2D eigenvalue weighted by Gasteiger charge is -2.08. The molecule has 2 heterocycles. The van der Waals surface area contributed by atoms with Gasteiger partial charge in [0, 0.05) is 18.2 Å². The van der Waals surface area contributed by atoms with Crippen LogP contribution in [-0.4, -0.2) is 43.7 Å². The minimum atomic E-state index is -0.280. The molecular formula is C14H16N2O5. The molecule has 1 aliphatic heterocycles. The molecule has 0 saturated carbocycles. The molecule has 7 nitrogen and oxygen atoms in total. The Bertz CT molecular complexity index is 563. The maximum absolute atomic E-state index is 5.44. The molecule has 2 aromatic rings. The highest BCUT2D eigenvalue weighted by Gasteiger charge is 2.18. The van der Waals surface area contributed by atoms with Gasteiger partial charge in [0.05, 0.1) is 19.8 Å². The molecule has 0 spiro atoms. The minimum absolute atomic E-state index is 0.133. The van der Waals surface area contributed by atoms with Crippen LogP contribution in [0.15, 0.2) is 28.8 Å². The van der Waals surface area contributed by atoms with Crippen LogP contribution in [0, 0.1) is 0 Å². The van der Waals surface area contributed by atoms with Crippen LogP contribution in [0.3, 0.4) is 0 Å². The number of hydrogen-bond acceptors (Lipinski definition) is 7. The first-order chi connectivity index (χ1) is 10.4. The maximum Gasteiger partial charge on any atom is 0.417 e. The summed E-state index contributed by atoms with van der Waals surface area (Å²) >= 11 is 0. The molecule has 7 heteroatoms. The molecule has 0 radical (unpaired) electrons. The van der Waals surface area contributed by atoms with Crippen LogP contribution >= 0.6 is 0 Å². The van der Waals surface area contributed by atoms with Crippen molar-refractivity contribution < 1.29 is 23.5 Å². The zero-order valence-electron chi connectivity index (χ0n) is 11.7. The average Bonchev–Trinajstić information content (AvgIpc) is 3.20. The van der Waals surface area contributed by atoms with Gasteiger partial charge in [-0.2, -0.15) is 4.98 Å². The molecule has 21 heavy (non-hydrogen) atoms. The van der Waals surface area contributed by atoms with Gasteiger partial charge in [0.25, 0.3) is 0 Å². The van der Waals surface area contributed by atoms with E-state index in [0.717, 1.165) is 11.1 Å². The number of rotatable bonds is 6. The van der Waals surface area contributed by atoms with Crippen LogP contribution in [0.5, 0.6) is 6.08 Å². The molecule has 1 saturated heterocycles. The summed E-state index contributed by atoms with van der Waals surface area (Å²) < 4.78 is 26.0. The number of aromatic nitrogens is 2. The van der Waals surface area contributed by atoms with Gasteiger partial charge in [0.15, 0.2) is 6.29 Å². The average molecular weight is 292 g/mol. The SMILES string of the molecule is COCCOc1nc(-c2ccc(C3OCCO3)cc2)no1. The van der Waals surface area contributed by atoms with E-state index in [-0.39, 0.29) is 12.4 Å². The van der Waals surface area contributed by atoms with Crippen LogP contribution in [0.4, 0.5) is 0 Å². The number of nitrogens with zero attached hydrogens (tertiary/aromatic N) is 2. The van der Waals surface area contributed by atoms with E-state index in [4.69, 9.17) is 23.5 Å². The van der Waals surface area contributed by atoms with Crippen LogP contribution in [0.25, 0.3) is 11.4 Å². The Kier molecular flexibility index (Phi) is 4.44. The molecule has 1 aromatic carbocycles. The van der Waals surface area contributed by atoms with Gasteiger partial charge < -0.3 is 18.9 Å². The Morgan fingerprint density at radius 3 is 2.62 bits per heavy atom. The summed E-state index contributed by atoms with van der Waals surface area (Å²) in [6.45, 7) is 2.08.